The van der Waals surface area contributed by atoms with E-state index in [9.17, 15) is 0 Å². The second-order valence-corrected chi connectivity index (χ2v) is 5.71. The van der Waals surface area contributed by atoms with Crippen molar-refractivity contribution in [1.82, 2.24) is 0 Å². The summed E-state index contributed by atoms with van der Waals surface area (Å²) in [4.78, 5) is 0. The quantitative estimate of drug-likeness (QED) is 0.808. The Balaban J connectivity index is 2.17. The van der Waals surface area contributed by atoms with Gasteiger partial charge in [-0.3, -0.25) is 0 Å². The molecular formula is C15H15BrClNO. The highest BCUT2D eigenvalue weighted by molar-refractivity contribution is 9.10. The largest absolute Gasteiger partial charge is 0.489 e. The maximum absolute atomic E-state index is 6.11. The van der Waals surface area contributed by atoms with Crippen molar-refractivity contribution in [2.75, 3.05) is 5.73 Å². The van der Waals surface area contributed by atoms with Gasteiger partial charge in [0.2, 0.25) is 0 Å². The minimum absolute atomic E-state index is 0.407. The predicted octanol–water partition coefficient (Wildman–Crippen LogP) is 4.88. The van der Waals surface area contributed by atoms with Gasteiger partial charge in [0.15, 0.2) is 0 Å². The summed E-state index contributed by atoms with van der Waals surface area (Å²) < 4.78 is 6.90. The molecule has 0 saturated carbocycles. The van der Waals surface area contributed by atoms with Gasteiger partial charge in [0.05, 0.1) is 0 Å². The average Bonchev–Trinajstić information content (AvgIpc) is 2.37. The van der Waals surface area contributed by atoms with Crippen molar-refractivity contribution >= 4 is 33.2 Å². The van der Waals surface area contributed by atoms with Gasteiger partial charge >= 0.3 is 0 Å². The first-order valence-corrected chi connectivity index (χ1v) is 7.08. The number of rotatable bonds is 3. The minimum atomic E-state index is 0.407. The summed E-state index contributed by atoms with van der Waals surface area (Å²) in [7, 11) is 0. The Morgan fingerprint density at radius 1 is 1.16 bits per heavy atom. The molecule has 0 heterocycles. The molecule has 0 bridgehead atoms. The van der Waals surface area contributed by atoms with Crippen LogP contribution in [0.5, 0.6) is 5.75 Å². The monoisotopic (exact) mass is 339 g/mol. The van der Waals surface area contributed by atoms with Gasteiger partial charge in [-0.05, 0) is 55.3 Å². The van der Waals surface area contributed by atoms with E-state index in [0.717, 1.165) is 26.9 Å². The first kappa shape index (κ1) is 14.2. The SMILES string of the molecule is Cc1cc(OCc2cc(N)ccc2Cl)cc(C)c1Br. The molecule has 0 unspecified atom stereocenters. The van der Waals surface area contributed by atoms with Crippen LogP contribution in [0.15, 0.2) is 34.8 Å². The molecule has 19 heavy (non-hydrogen) atoms. The van der Waals surface area contributed by atoms with Crippen LogP contribution < -0.4 is 10.5 Å². The molecule has 0 aliphatic carbocycles. The standard InChI is InChI=1S/C15H15BrClNO/c1-9-5-13(6-10(2)15(9)16)19-8-11-7-12(18)3-4-14(11)17/h3-7H,8,18H2,1-2H3. The van der Waals surface area contributed by atoms with E-state index in [1.807, 2.05) is 32.0 Å². The molecule has 0 fully saturated rings. The number of halogens is 2. The lowest BCUT2D eigenvalue weighted by Gasteiger charge is -2.11. The van der Waals surface area contributed by atoms with Crippen molar-refractivity contribution in [3.63, 3.8) is 0 Å². The van der Waals surface area contributed by atoms with E-state index >= 15 is 0 Å². The van der Waals surface area contributed by atoms with Crippen LogP contribution in [-0.4, -0.2) is 0 Å². The topological polar surface area (TPSA) is 35.2 Å². The molecule has 0 aliphatic heterocycles. The molecule has 0 radical (unpaired) electrons. The van der Waals surface area contributed by atoms with Crippen molar-refractivity contribution < 1.29 is 4.74 Å². The van der Waals surface area contributed by atoms with Gasteiger partial charge in [-0.2, -0.15) is 0 Å². The smallest absolute Gasteiger partial charge is 0.120 e. The van der Waals surface area contributed by atoms with Gasteiger partial charge in [0, 0.05) is 20.7 Å². The third kappa shape index (κ3) is 3.43. The van der Waals surface area contributed by atoms with Crippen LogP contribution in [0, 0.1) is 13.8 Å². The maximum atomic E-state index is 6.11. The summed E-state index contributed by atoms with van der Waals surface area (Å²) in [6.07, 6.45) is 0. The molecule has 0 aliphatic rings. The van der Waals surface area contributed by atoms with Crippen LogP contribution in [0.3, 0.4) is 0 Å². The number of aryl methyl sites for hydroxylation is 2. The van der Waals surface area contributed by atoms with Crippen molar-refractivity contribution in [2.45, 2.75) is 20.5 Å². The van der Waals surface area contributed by atoms with E-state index < -0.39 is 0 Å². The fraction of sp³-hybridized carbons (Fsp3) is 0.200. The summed E-state index contributed by atoms with van der Waals surface area (Å²) in [6.45, 7) is 4.49. The zero-order valence-electron chi connectivity index (χ0n) is 10.8. The first-order valence-electron chi connectivity index (χ1n) is 5.91. The summed E-state index contributed by atoms with van der Waals surface area (Å²) in [5.41, 5.74) is 9.61. The van der Waals surface area contributed by atoms with Crippen molar-refractivity contribution in [3.8, 4) is 5.75 Å². The van der Waals surface area contributed by atoms with Crippen molar-refractivity contribution in [2.24, 2.45) is 0 Å². The van der Waals surface area contributed by atoms with Crippen LogP contribution >= 0.6 is 27.5 Å². The minimum Gasteiger partial charge on any atom is -0.489 e. The van der Waals surface area contributed by atoms with Gasteiger partial charge in [0.1, 0.15) is 12.4 Å². The molecule has 0 aromatic heterocycles. The van der Waals surface area contributed by atoms with Crippen LogP contribution in [0.1, 0.15) is 16.7 Å². The normalized spacial score (nSPS) is 10.5. The molecule has 0 saturated heterocycles. The Morgan fingerprint density at radius 3 is 2.42 bits per heavy atom. The molecule has 0 amide bonds. The average molecular weight is 341 g/mol. The molecule has 2 aromatic carbocycles. The van der Waals surface area contributed by atoms with Crippen LogP contribution in [-0.2, 0) is 6.61 Å². The Labute approximate surface area is 126 Å². The third-order valence-corrected chi connectivity index (χ3v) is 4.49. The number of anilines is 1. The molecule has 4 heteroatoms. The van der Waals surface area contributed by atoms with E-state index in [4.69, 9.17) is 22.1 Å². The number of nitrogens with two attached hydrogens (primary N) is 1. The highest BCUT2D eigenvalue weighted by atomic mass is 79.9. The molecule has 0 spiro atoms. The number of nitrogen functional groups attached to an aromatic ring is 1. The molecule has 2 rings (SSSR count). The Kier molecular flexibility index (Phi) is 4.38. The molecule has 2 N–H and O–H groups in total. The second-order valence-electron chi connectivity index (χ2n) is 4.51. The van der Waals surface area contributed by atoms with E-state index in [0.29, 0.717) is 17.3 Å². The lowest BCUT2D eigenvalue weighted by Crippen LogP contribution is -1.98. The Bertz CT molecular complexity index is 590. The van der Waals surface area contributed by atoms with Gasteiger partial charge < -0.3 is 10.5 Å². The van der Waals surface area contributed by atoms with Crippen LogP contribution in [0.2, 0.25) is 5.02 Å². The van der Waals surface area contributed by atoms with Crippen LogP contribution in [0.25, 0.3) is 0 Å². The highest BCUT2D eigenvalue weighted by Crippen LogP contribution is 2.27. The van der Waals surface area contributed by atoms with Gasteiger partial charge in [-0.25, -0.2) is 0 Å². The lowest BCUT2D eigenvalue weighted by atomic mass is 10.1. The molecular weight excluding hydrogens is 326 g/mol. The number of hydrogen-bond donors (Lipinski definition) is 1. The van der Waals surface area contributed by atoms with E-state index in [1.165, 1.54) is 0 Å². The summed E-state index contributed by atoms with van der Waals surface area (Å²) in [5.74, 6) is 0.830. The number of hydrogen-bond acceptors (Lipinski definition) is 2. The summed E-state index contributed by atoms with van der Waals surface area (Å²) in [5, 5.41) is 0.666. The first-order chi connectivity index (χ1) is 8.97. The molecule has 0 atom stereocenters. The van der Waals surface area contributed by atoms with Gasteiger partial charge in [0.25, 0.3) is 0 Å². The van der Waals surface area contributed by atoms with Gasteiger partial charge in [-0.1, -0.05) is 27.5 Å². The van der Waals surface area contributed by atoms with Crippen molar-refractivity contribution in [3.05, 3.63) is 56.5 Å². The Hall–Kier alpha value is -1.19. The highest BCUT2D eigenvalue weighted by Gasteiger charge is 2.05. The lowest BCUT2D eigenvalue weighted by molar-refractivity contribution is 0.306. The Morgan fingerprint density at radius 2 is 1.79 bits per heavy atom. The summed E-state index contributed by atoms with van der Waals surface area (Å²) in [6, 6.07) is 9.39. The maximum Gasteiger partial charge on any atom is 0.120 e. The predicted molar refractivity (Wildman–Crippen MR) is 83.8 cm³/mol. The zero-order chi connectivity index (χ0) is 14.0. The van der Waals surface area contributed by atoms with E-state index in [-0.39, 0.29) is 0 Å². The fourth-order valence-corrected chi connectivity index (χ4v) is 2.26. The number of benzene rings is 2. The third-order valence-electron chi connectivity index (χ3n) is 2.87. The van der Waals surface area contributed by atoms with Crippen LogP contribution in [0.4, 0.5) is 5.69 Å². The molecule has 100 valence electrons. The number of ether oxygens (including phenoxy) is 1. The van der Waals surface area contributed by atoms with Crippen molar-refractivity contribution in [1.29, 1.82) is 0 Å². The molecule has 2 aromatic rings. The van der Waals surface area contributed by atoms with Gasteiger partial charge in [-0.15, -0.1) is 0 Å². The summed E-state index contributed by atoms with van der Waals surface area (Å²) >= 11 is 9.64. The molecule has 2 nitrogen and oxygen atoms in total. The fourth-order valence-electron chi connectivity index (χ4n) is 1.86. The second kappa shape index (κ2) is 5.85. The zero-order valence-corrected chi connectivity index (χ0v) is 13.2. The van der Waals surface area contributed by atoms with E-state index in [2.05, 4.69) is 15.9 Å². The van der Waals surface area contributed by atoms with E-state index in [1.54, 1.807) is 12.1 Å².